The van der Waals surface area contributed by atoms with Gasteiger partial charge in [0.15, 0.2) is 0 Å². The van der Waals surface area contributed by atoms with Gasteiger partial charge >= 0.3 is 5.97 Å². The Morgan fingerprint density at radius 3 is 2.44 bits per heavy atom. The average molecular weight is 431 g/mol. The summed E-state index contributed by atoms with van der Waals surface area (Å²) in [5.74, 6) is -0.127. The minimum absolute atomic E-state index is 0.00176. The van der Waals surface area contributed by atoms with Crippen molar-refractivity contribution in [2.75, 3.05) is 18.1 Å². The smallest absolute Gasteiger partial charge is 0.338 e. The molecule has 8 heteroatoms. The lowest BCUT2D eigenvalue weighted by Crippen LogP contribution is -2.42. The van der Waals surface area contributed by atoms with Gasteiger partial charge in [-0.1, -0.05) is 60.7 Å². The van der Waals surface area contributed by atoms with Gasteiger partial charge in [0.2, 0.25) is 11.9 Å². The van der Waals surface area contributed by atoms with Gasteiger partial charge in [-0.15, -0.1) is 0 Å². The second-order valence-electron chi connectivity index (χ2n) is 7.39. The maximum atomic E-state index is 13.0. The molecule has 2 aromatic carbocycles. The first-order chi connectivity index (χ1) is 15.6. The van der Waals surface area contributed by atoms with Crippen LogP contribution < -0.4 is 10.2 Å². The summed E-state index contributed by atoms with van der Waals surface area (Å²) in [5.41, 5.74) is 2.95. The van der Waals surface area contributed by atoms with Gasteiger partial charge in [-0.3, -0.25) is 4.79 Å². The Labute approximate surface area is 186 Å². The first-order valence-corrected chi connectivity index (χ1v) is 10.5. The van der Waals surface area contributed by atoms with E-state index in [-0.39, 0.29) is 19.1 Å². The summed E-state index contributed by atoms with van der Waals surface area (Å²) in [6, 6.07) is 18.8. The Morgan fingerprint density at radius 2 is 1.75 bits per heavy atom. The Hall–Kier alpha value is -3.94. The zero-order valence-corrected chi connectivity index (χ0v) is 18.1. The summed E-state index contributed by atoms with van der Waals surface area (Å²) in [4.78, 5) is 31.9. The predicted molar refractivity (Wildman–Crippen MR) is 120 cm³/mol. The summed E-state index contributed by atoms with van der Waals surface area (Å²) in [6.45, 7) is 4.25. The summed E-state index contributed by atoms with van der Waals surface area (Å²) in [7, 11) is 0. The second-order valence-corrected chi connectivity index (χ2v) is 7.39. The van der Waals surface area contributed by atoms with Crippen molar-refractivity contribution in [1.82, 2.24) is 20.1 Å². The summed E-state index contributed by atoms with van der Waals surface area (Å²) < 4.78 is 7.03. The van der Waals surface area contributed by atoms with Gasteiger partial charge in [-0.25, -0.2) is 9.48 Å². The number of hydrogen-bond acceptors (Lipinski definition) is 6. The summed E-state index contributed by atoms with van der Waals surface area (Å²) >= 11 is 0. The molecule has 164 valence electrons. The van der Waals surface area contributed by atoms with Crippen LogP contribution >= 0.6 is 0 Å². The first kappa shape index (κ1) is 21.3. The Balaban J connectivity index is 1.66. The van der Waals surface area contributed by atoms with Gasteiger partial charge in [0.1, 0.15) is 18.9 Å². The van der Waals surface area contributed by atoms with Gasteiger partial charge in [0.05, 0.1) is 12.2 Å². The van der Waals surface area contributed by atoms with Crippen molar-refractivity contribution in [1.29, 1.82) is 0 Å². The number of esters is 1. The normalized spacial score (nSPS) is 15.3. The van der Waals surface area contributed by atoms with Gasteiger partial charge in [0.25, 0.3) is 0 Å². The van der Waals surface area contributed by atoms with E-state index < -0.39 is 12.0 Å². The van der Waals surface area contributed by atoms with E-state index in [4.69, 9.17) is 4.74 Å². The minimum atomic E-state index is -0.489. The molecule has 0 fully saturated rings. The zero-order valence-electron chi connectivity index (χ0n) is 18.1. The van der Waals surface area contributed by atoms with E-state index in [9.17, 15) is 9.59 Å². The fourth-order valence-corrected chi connectivity index (χ4v) is 3.83. The number of carbonyl (C=O) groups is 2. The molecule has 0 radical (unpaired) electrons. The number of allylic oxidation sites excluding steroid dienone is 1. The third kappa shape index (κ3) is 4.25. The standard InChI is InChI=1S/C24H25N5O3/c1-3-32-23(31)21-17(2)28(15-20(30)25-14-18-10-6-4-7-11-18)24-26-16-27-29(24)22(21)19-12-8-5-9-13-19/h4-13,16,22H,3,14-15H2,1-2H3,(H,25,30)/t22-/m1/s1. The fraction of sp³-hybridized carbons (Fsp3) is 0.250. The van der Waals surface area contributed by atoms with Gasteiger partial charge < -0.3 is 15.0 Å². The van der Waals surface area contributed by atoms with Crippen LogP contribution in [0.15, 0.2) is 78.3 Å². The molecule has 0 saturated heterocycles. The number of nitrogens with zero attached hydrogens (tertiary/aromatic N) is 4. The van der Waals surface area contributed by atoms with Crippen LogP contribution in [0.2, 0.25) is 0 Å². The SMILES string of the molecule is CCOC(=O)C1=C(C)N(CC(=O)NCc2ccccc2)c2ncnn2[C@@H]1c1ccccc1. The third-order valence-corrected chi connectivity index (χ3v) is 5.35. The van der Waals surface area contributed by atoms with Crippen LogP contribution in [0.3, 0.4) is 0 Å². The molecule has 1 N–H and O–H groups in total. The van der Waals surface area contributed by atoms with E-state index in [1.165, 1.54) is 6.33 Å². The molecular formula is C24H25N5O3. The molecule has 1 amide bonds. The lowest BCUT2D eigenvalue weighted by atomic mass is 9.95. The van der Waals surface area contributed by atoms with Crippen LogP contribution in [-0.2, 0) is 20.9 Å². The van der Waals surface area contributed by atoms with E-state index in [0.717, 1.165) is 11.1 Å². The highest BCUT2D eigenvalue weighted by Gasteiger charge is 2.38. The lowest BCUT2D eigenvalue weighted by Gasteiger charge is -2.35. The Morgan fingerprint density at radius 1 is 1.06 bits per heavy atom. The number of amides is 1. The van der Waals surface area contributed by atoms with Crippen molar-refractivity contribution in [3.05, 3.63) is 89.4 Å². The van der Waals surface area contributed by atoms with Gasteiger partial charge in [0, 0.05) is 12.2 Å². The maximum absolute atomic E-state index is 13.0. The van der Waals surface area contributed by atoms with Crippen LogP contribution in [0.25, 0.3) is 0 Å². The minimum Gasteiger partial charge on any atom is -0.463 e. The molecule has 0 aliphatic carbocycles. The van der Waals surface area contributed by atoms with Crippen molar-refractivity contribution in [3.8, 4) is 0 Å². The number of aromatic nitrogens is 3. The van der Waals surface area contributed by atoms with Crippen molar-refractivity contribution in [3.63, 3.8) is 0 Å². The summed E-state index contributed by atoms with van der Waals surface area (Å²) in [6.07, 6.45) is 1.43. The number of carbonyl (C=O) groups excluding carboxylic acids is 2. The molecule has 3 aromatic rings. The van der Waals surface area contributed by atoms with Crippen LogP contribution in [0.4, 0.5) is 5.95 Å². The summed E-state index contributed by atoms with van der Waals surface area (Å²) in [5, 5.41) is 7.31. The molecule has 32 heavy (non-hydrogen) atoms. The first-order valence-electron chi connectivity index (χ1n) is 10.5. The number of hydrogen-bond donors (Lipinski definition) is 1. The van der Waals surface area contributed by atoms with Gasteiger partial charge in [-0.2, -0.15) is 10.1 Å². The van der Waals surface area contributed by atoms with E-state index in [0.29, 0.717) is 23.8 Å². The second kappa shape index (κ2) is 9.47. The van der Waals surface area contributed by atoms with E-state index >= 15 is 0 Å². The number of fused-ring (bicyclic) bond motifs is 1. The highest BCUT2D eigenvalue weighted by molar-refractivity contribution is 5.93. The molecule has 0 spiro atoms. The van der Waals surface area contributed by atoms with Crippen molar-refractivity contribution < 1.29 is 14.3 Å². The van der Waals surface area contributed by atoms with Gasteiger partial charge in [-0.05, 0) is 25.0 Å². The van der Waals surface area contributed by atoms with Crippen molar-refractivity contribution in [2.45, 2.75) is 26.4 Å². The molecule has 1 aliphatic rings. The Bertz CT molecular complexity index is 1120. The Kier molecular flexibility index (Phi) is 6.30. The monoisotopic (exact) mass is 431 g/mol. The van der Waals surface area contributed by atoms with Crippen molar-refractivity contribution >= 4 is 17.8 Å². The highest BCUT2D eigenvalue weighted by Crippen LogP contribution is 2.38. The molecule has 2 heterocycles. The van der Waals surface area contributed by atoms with Crippen LogP contribution in [0.5, 0.6) is 0 Å². The topological polar surface area (TPSA) is 89.3 Å². The number of benzene rings is 2. The molecule has 8 nitrogen and oxygen atoms in total. The molecule has 0 bridgehead atoms. The number of ether oxygens (including phenoxy) is 1. The molecule has 1 atom stereocenters. The fourth-order valence-electron chi connectivity index (χ4n) is 3.83. The van der Waals surface area contributed by atoms with E-state index in [2.05, 4.69) is 15.4 Å². The van der Waals surface area contributed by atoms with Crippen LogP contribution in [0, 0.1) is 0 Å². The molecule has 1 aliphatic heterocycles. The average Bonchev–Trinajstić information content (AvgIpc) is 3.30. The molecule has 1 aromatic heterocycles. The van der Waals surface area contributed by atoms with E-state index in [1.54, 1.807) is 16.5 Å². The number of anilines is 1. The predicted octanol–water partition coefficient (Wildman–Crippen LogP) is 2.84. The highest BCUT2D eigenvalue weighted by atomic mass is 16.5. The largest absolute Gasteiger partial charge is 0.463 e. The lowest BCUT2D eigenvalue weighted by molar-refractivity contribution is -0.139. The third-order valence-electron chi connectivity index (χ3n) is 5.35. The number of rotatable bonds is 7. The van der Waals surface area contributed by atoms with E-state index in [1.807, 2.05) is 67.6 Å². The molecule has 0 saturated carbocycles. The maximum Gasteiger partial charge on any atom is 0.338 e. The quantitative estimate of drug-likeness (QED) is 0.579. The van der Waals surface area contributed by atoms with Crippen molar-refractivity contribution in [2.24, 2.45) is 0 Å². The van der Waals surface area contributed by atoms with Crippen LogP contribution in [-0.4, -0.2) is 39.8 Å². The van der Waals surface area contributed by atoms with Crippen LogP contribution in [0.1, 0.15) is 31.0 Å². The zero-order chi connectivity index (χ0) is 22.5. The number of nitrogens with one attached hydrogen (secondary N) is 1. The molecule has 0 unspecified atom stereocenters. The molecule has 4 rings (SSSR count). The molecular weight excluding hydrogens is 406 g/mol.